The second-order valence-electron chi connectivity index (χ2n) is 4.73. The van der Waals surface area contributed by atoms with Crippen molar-refractivity contribution >= 4 is 11.7 Å². The van der Waals surface area contributed by atoms with Crippen molar-refractivity contribution in [1.29, 1.82) is 0 Å². The van der Waals surface area contributed by atoms with E-state index in [2.05, 4.69) is 0 Å². The van der Waals surface area contributed by atoms with Crippen molar-refractivity contribution in [2.24, 2.45) is 5.41 Å². The molecule has 0 N–H and O–H groups in total. The molecule has 0 saturated heterocycles. The lowest BCUT2D eigenvalue weighted by Crippen LogP contribution is -2.25. The summed E-state index contributed by atoms with van der Waals surface area (Å²) in [5, 5.41) is 10.6. The van der Waals surface area contributed by atoms with Gasteiger partial charge >= 0.3 is 5.97 Å². The number of nitro groups is 1. The highest BCUT2D eigenvalue weighted by Gasteiger charge is 2.25. The fraction of sp³-hybridized carbons (Fsp3) is 0.417. The lowest BCUT2D eigenvalue weighted by Gasteiger charge is -2.17. The highest BCUT2D eigenvalue weighted by Crippen LogP contribution is 2.32. The van der Waals surface area contributed by atoms with Gasteiger partial charge in [0.25, 0.3) is 5.69 Å². The second kappa shape index (κ2) is 5.03. The molecule has 1 rings (SSSR count). The molecule has 0 atom stereocenters. The molecule has 0 aliphatic carbocycles. The Hall–Kier alpha value is -2.11. The van der Waals surface area contributed by atoms with Crippen LogP contribution in [0.3, 0.4) is 0 Å². The molecule has 1 aromatic rings. The van der Waals surface area contributed by atoms with Crippen LogP contribution in [0, 0.1) is 15.5 Å². The van der Waals surface area contributed by atoms with Gasteiger partial charge in [-0.3, -0.25) is 14.9 Å². The molecule has 0 heterocycles. The normalized spacial score (nSPS) is 10.9. The average Bonchev–Trinajstić information content (AvgIpc) is 2.27. The molecule has 0 unspecified atom stereocenters. The van der Waals surface area contributed by atoms with E-state index in [1.54, 1.807) is 20.8 Å². The zero-order valence-corrected chi connectivity index (χ0v) is 10.7. The predicted molar refractivity (Wildman–Crippen MR) is 64.7 cm³/mol. The van der Waals surface area contributed by atoms with Crippen molar-refractivity contribution < 1.29 is 19.2 Å². The summed E-state index contributed by atoms with van der Waals surface area (Å²) in [6.45, 7) is 5.15. The van der Waals surface area contributed by atoms with Crippen LogP contribution < -0.4 is 9.47 Å². The first kappa shape index (κ1) is 14.0. The van der Waals surface area contributed by atoms with Crippen LogP contribution in [-0.4, -0.2) is 18.0 Å². The Kier molecular flexibility index (Phi) is 3.90. The number of methoxy groups -OCH3 is 1. The Morgan fingerprint density at radius 1 is 1.28 bits per heavy atom. The summed E-state index contributed by atoms with van der Waals surface area (Å²) in [6, 6.07) is 3.82. The topological polar surface area (TPSA) is 78.7 Å². The van der Waals surface area contributed by atoms with E-state index in [1.807, 2.05) is 0 Å². The van der Waals surface area contributed by atoms with Crippen LogP contribution in [0.2, 0.25) is 0 Å². The van der Waals surface area contributed by atoms with E-state index in [-0.39, 0.29) is 17.2 Å². The number of carbonyl (C=O) groups excluding carboxylic acids is 1. The summed E-state index contributed by atoms with van der Waals surface area (Å²) in [6.07, 6.45) is 0. The molecule has 6 heteroatoms. The number of carbonyl (C=O) groups is 1. The Balaban J connectivity index is 3.04. The van der Waals surface area contributed by atoms with Gasteiger partial charge in [-0.05, 0) is 26.8 Å². The molecular formula is C12H15NO5. The number of nitrogens with zero attached hydrogens (tertiary/aromatic N) is 1. The first-order chi connectivity index (χ1) is 8.25. The molecule has 98 valence electrons. The van der Waals surface area contributed by atoms with Crippen LogP contribution in [0.25, 0.3) is 0 Å². The van der Waals surface area contributed by atoms with Crippen LogP contribution in [0.5, 0.6) is 11.5 Å². The maximum atomic E-state index is 11.7. The summed E-state index contributed by atoms with van der Waals surface area (Å²) in [4.78, 5) is 21.8. The lowest BCUT2D eigenvalue weighted by molar-refractivity contribution is -0.384. The maximum absolute atomic E-state index is 11.7. The number of rotatable bonds is 3. The van der Waals surface area contributed by atoms with E-state index in [4.69, 9.17) is 9.47 Å². The van der Waals surface area contributed by atoms with Crippen molar-refractivity contribution in [2.45, 2.75) is 20.8 Å². The van der Waals surface area contributed by atoms with Crippen molar-refractivity contribution in [3.8, 4) is 11.5 Å². The first-order valence-electron chi connectivity index (χ1n) is 5.30. The van der Waals surface area contributed by atoms with Crippen LogP contribution >= 0.6 is 0 Å². The van der Waals surface area contributed by atoms with Gasteiger partial charge in [0.05, 0.1) is 23.5 Å². The van der Waals surface area contributed by atoms with Gasteiger partial charge in [0, 0.05) is 6.07 Å². The average molecular weight is 253 g/mol. The third-order valence-electron chi connectivity index (χ3n) is 2.17. The molecule has 0 bridgehead atoms. The van der Waals surface area contributed by atoms with E-state index in [0.29, 0.717) is 0 Å². The molecular weight excluding hydrogens is 238 g/mol. The summed E-state index contributed by atoms with van der Waals surface area (Å²) >= 11 is 0. The first-order valence-corrected chi connectivity index (χ1v) is 5.30. The molecule has 0 aromatic heterocycles. The van der Waals surface area contributed by atoms with Gasteiger partial charge in [0.1, 0.15) is 0 Å². The van der Waals surface area contributed by atoms with E-state index in [9.17, 15) is 14.9 Å². The van der Waals surface area contributed by atoms with Gasteiger partial charge in [0.2, 0.25) is 0 Å². The van der Waals surface area contributed by atoms with Crippen molar-refractivity contribution in [2.75, 3.05) is 7.11 Å². The van der Waals surface area contributed by atoms with Gasteiger partial charge in [-0.25, -0.2) is 0 Å². The third-order valence-corrected chi connectivity index (χ3v) is 2.17. The Morgan fingerprint density at radius 2 is 1.89 bits per heavy atom. The molecule has 0 aliphatic heterocycles. The Bertz CT molecular complexity index is 476. The summed E-state index contributed by atoms with van der Waals surface area (Å²) < 4.78 is 10.1. The van der Waals surface area contributed by atoms with Crippen LogP contribution in [0.1, 0.15) is 20.8 Å². The summed E-state index contributed by atoms with van der Waals surface area (Å²) in [5.74, 6) is -0.112. The van der Waals surface area contributed by atoms with Crippen molar-refractivity contribution in [3.05, 3.63) is 28.3 Å². The van der Waals surface area contributed by atoms with Crippen molar-refractivity contribution in [1.82, 2.24) is 0 Å². The zero-order chi connectivity index (χ0) is 13.9. The number of non-ortho nitro benzene ring substituents is 1. The Morgan fingerprint density at radius 3 is 2.33 bits per heavy atom. The quantitative estimate of drug-likeness (QED) is 0.358. The van der Waals surface area contributed by atoms with Crippen LogP contribution in [0.15, 0.2) is 18.2 Å². The minimum Gasteiger partial charge on any atom is -0.493 e. The maximum Gasteiger partial charge on any atom is 0.316 e. The lowest BCUT2D eigenvalue weighted by atomic mass is 9.97. The van der Waals surface area contributed by atoms with Gasteiger partial charge in [-0.1, -0.05) is 0 Å². The fourth-order valence-electron chi connectivity index (χ4n) is 1.11. The zero-order valence-electron chi connectivity index (χ0n) is 10.7. The number of benzene rings is 1. The van der Waals surface area contributed by atoms with Gasteiger partial charge < -0.3 is 9.47 Å². The minimum absolute atomic E-state index is 0.123. The molecule has 18 heavy (non-hydrogen) atoms. The monoisotopic (exact) mass is 253 g/mol. The van der Waals surface area contributed by atoms with Crippen LogP contribution in [0.4, 0.5) is 5.69 Å². The molecule has 0 aliphatic rings. The largest absolute Gasteiger partial charge is 0.493 e. The summed E-state index contributed by atoms with van der Waals surface area (Å²) in [5.41, 5.74) is -0.783. The highest BCUT2D eigenvalue weighted by molar-refractivity contribution is 5.78. The predicted octanol–water partition coefficient (Wildman–Crippen LogP) is 2.55. The van der Waals surface area contributed by atoms with E-state index < -0.39 is 16.3 Å². The number of hydrogen-bond donors (Lipinski definition) is 0. The molecule has 0 saturated carbocycles. The number of ether oxygens (including phenoxy) is 2. The highest BCUT2D eigenvalue weighted by atomic mass is 16.6. The third kappa shape index (κ3) is 3.19. The fourth-order valence-corrected chi connectivity index (χ4v) is 1.11. The summed E-state index contributed by atoms with van der Waals surface area (Å²) in [7, 11) is 1.35. The smallest absolute Gasteiger partial charge is 0.316 e. The molecule has 0 fully saturated rings. The SMILES string of the molecule is COc1cc([N+](=O)[O-])ccc1OC(=O)C(C)(C)C. The molecule has 1 aromatic carbocycles. The van der Waals surface area contributed by atoms with E-state index in [0.717, 1.165) is 0 Å². The van der Waals surface area contributed by atoms with E-state index >= 15 is 0 Å². The number of esters is 1. The van der Waals surface area contributed by atoms with Crippen LogP contribution in [-0.2, 0) is 4.79 Å². The van der Waals surface area contributed by atoms with Gasteiger partial charge in [-0.2, -0.15) is 0 Å². The Labute approximate surface area is 105 Å². The van der Waals surface area contributed by atoms with E-state index in [1.165, 1.54) is 25.3 Å². The number of nitro benzene ring substituents is 1. The molecule has 0 radical (unpaired) electrons. The standard InChI is InChI=1S/C12H15NO5/c1-12(2,3)11(14)18-9-6-5-8(13(15)16)7-10(9)17-4/h5-7H,1-4H3. The molecule has 0 amide bonds. The van der Waals surface area contributed by atoms with Crippen molar-refractivity contribution in [3.63, 3.8) is 0 Å². The minimum atomic E-state index is -0.660. The van der Waals surface area contributed by atoms with Gasteiger partial charge in [-0.15, -0.1) is 0 Å². The van der Waals surface area contributed by atoms with Gasteiger partial charge in [0.15, 0.2) is 11.5 Å². The molecule has 6 nitrogen and oxygen atoms in total. The second-order valence-corrected chi connectivity index (χ2v) is 4.73. The molecule has 0 spiro atoms. The number of hydrogen-bond acceptors (Lipinski definition) is 5.